The van der Waals surface area contributed by atoms with Gasteiger partial charge in [0.25, 0.3) is 0 Å². The van der Waals surface area contributed by atoms with Crippen LogP contribution in [0.3, 0.4) is 0 Å². The van der Waals surface area contributed by atoms with Gasteiger partial charge in [0.05, 0.1) is 22.7 Å². The SMILES string of the molecule is CC1CCCC(CO)(Nc2cc(C(=O)O)c(Cl)cn2)C1. The summed E-state index contributed by atoms with van der Waals surface area (Å²) in [5.41, 5.74) is -0.407. The first kappa shape index (κ1) is 15.1. The third kappa shape index (κ3) is 3.22. The number of hydrogen-bond donors (Lipinski definition) is 3. The fourth-order valence-electron chi connectivity index (χ4n) is 2.90. The molecule has 1 heterocycles. The average Bonchev–Trinajstić information content (AvgIpc) is 2.41. The van der Waals surface area contributed by atoms with E-state index in [1.165, 1.54) is 12.3 Å². The molecule has 1 saturated carbocycles. The maximum absolute atomic E-state index is 11.1. The number of nitrogens with one attached hydrogen (secondary N) is 1. The number of halogens is 1. The number of hydrogen-bond acceptors (Lipinski definition) is 4. The van der Waals surface area contributed by atoms with E-state index >= 15 is 0 Å². The van der Waals surface area contributed by atoms with Gasteiger partial charge in [0.15, 0.2) is 0 Å². The Bertz CT molecular complexity index is 509. The third-order valence-corrected chi connectivity index (χ3v) is 4.17. The van der Waals surface area contributed by atoms with E-state index in [9.17, 15) is 9.90 Å². The highest BCUT2D eigenvalue weighted by Crippen LogP contribution is 2.34. The molecule has 20 heavy (non-hydrogen) atoms. The molecule has 1 aliphatic carbocycles. The van der Waals surface area contributed by atoms with Crippen LogP contribution >= 0.6 is 11.6 Å². The Labute approximate surface area is 123 Å². The molecule has 5 nitrogen and oxygen atoms in total. The normalized spacial score (nSPS) is 26.2. The molecule has 6 heteroatoms. The van der Waals surface area contributed by atoms with Crippen LogP contribution in [-0.4, -0.2) is 33.3 Å². The van der Waals surface area contributed by atoms with Gasteiger partial charge in [-0.1, -0.05) is 31.4 Å². The summed E-state index contributed by atoms with van der Waals surface area (Å²) in [7, 11) is 0. The number of aliphatic hydroxyl groups excluding tert-OH is 1. The van der Waals surface area contributed by atoms with Crippen molar-refractivity contribution in [3.63, 3.8) is 0 Å². The number of nitrogens with zero attached hydrogens (tertiary/aromatic N) is 1. The third-order valence-electron chi connectivity index (χ3n) is 3.87. The molecule has 0 radical (unpaired) electrons. The first-order valence-corrected chi connectivity index (χ1v) is 7.11. The summed E-state index contributed by atoms with van der Waals surface area (Å²) < 4.78 is 0. The lowest BCUT2D eigenvalue weighted by Crippen LogP contribution is -2.46. The monoisotopic (exact) mass is 298 g/mol. The fraction of sp³-hybridized carbons (Fsp3) is 0.571. The Balaban J connectivity index is 2.23. The number of aliphatic hydroxyl groups is 1. The lowest BCUT2D eigenvalue weighted by atomic mass is 9.77. The Hall–Kier alpha value is -1.33. The van der Waals surface area contributed by atoms with Crippen molar-refractivity contribution < 1.29 is 15.0 Å². The molecule has 0 bridgehead atoms. The van der Waals surface area contributed by atoms with Crippen LogP contribution in [0.1, 0.15) is 43.0 Å². The largest absolute Gasteiger partial charge is 0.478 e. The second kappa shape index (κ2) is 5.97. The van der Waals surface area contributed by atoms with Gasteiger partial charge in [0.2, 0.25) is 0 Å². The zero-order valence-electron chi connectivity index (χ0n) is 11.4. The predicted molar refractivity (Wildman–Crippen MR) is 77.3 cm³/mol. The van der Waals surface area contributed by atoms with Crippen molar-refractivity contribution in [2.75, 3.05) is 11.9 Å². The molecule has 0 aliphatic heterocycles. The fourth-order valence-corrected chi connectivity index (χ4v) is 3.08. The standard InChI is InChI=1S/C14H19ClN2O3/c1-9-3-2-4-14(6-9,8-18)17-12-5-10(13(19)20)11(15)7-16-12/h5,7,9,18H,2-4,6,8H2,1H3,(H,16,17)(H,19,20). The number of carbonyl (C=O) groups is 1. The maximum atomic E-state index is 11.1. The van der Waals surface area contributed by atoms with Crippen molar-refractivity contribution >= 4 is 23.4 Å². The number of aromatic carboxylic acids is 1. The Morgan fingerprint density at radius 3 is 3.00 bits per heavy atom. The zero-order valence-corrected chi connectivity index (χ0v) is 12.2. The van der Waals surface area contributed by atoms with Crippen molar-refractivity contribution in [3.8, 4) is 0 Å². The van der Waals surface area contributed by atoms with Crippen LogP contribution in [0.25, 0.3) is 0 Å². The number of aromatic nitrogens is 1. The van der Waals surface area contributed by atoms with Gasteiger partial charge in [-0.15, -0.1) is 0 Å². The van der Waals surface area contributed by atoms with E-state index in [1.54, 1.807) is 0 Å². The number of anilines is 1. The molecule has 110 valence electrons. The minimum Gasteiger partial charge on any atom is -0.478 e. The van der Waals surface area contributed by atoms with Crippen molar-refractivity contribution in [2.45, 2.75) is 38.1 Å². The van der Waals surface area contributed by atoms with Gasteiger partial charge in [0, 0.05) is 6.20 Å². The minimum absolute atomic E-state index is 0.00402. The van der Waals surface area contributed by atoms with Crippen LogP contribution in [0, 0.1) is 5.92 Å². The molecule has 0 aromatic carbocycles. The first-order valence-electron chi connectivity index (χ1n) is 6.74. The molecule has 1 aromatic heterocycles. The molecule has 1 fully saturated rings. The lowest BCUT2D eigenvalue weighted by molar-refractivity contribution is 0.0697. The van der Waals surface area contributed by atoms with Crippen molar-refractivity contribution in [1.82, 2.24) is 4.98 Å². The van der Waals surface area contributed by atoms with Crippen LogP contribution in [0.4, 0.5) is 5.82 Å². The molecule has 2 unspecified atom stereocenters. The van der Waals surface area contributed by atoms with E-state index in [2.05, 4.69) is 17.2 Å². The number of carboxylic acids is 1. The Morgan fingerprint density at radius 1 is 1.65 bits per heavy atom. The highest BCUT2D eigenvalue weighted by molar-refractivity contribution is 6.33. The molecule has 2 atom stereocenters. The topological polar surface area (TPSA) is 82.5 Å². The molecular weight excluding hydrogens is 280 g/mol. The van der Waals surface area contributed by atoms with Gasteiger partial charge in [-0.3, -0.25) is 0 Å². The molecule has 1 aromatic rings. The highest BCUT2D eigenvalue weighted by Gasteiger charge is 2.34. The lowest BCUT2D eigenvalue weighted by Gasteiger charge is -2.39. The summed E-state index contributed by atoms with van der Waals surface area (Å²) in [6, 6.07) is 1.42. The van der Waals surface area contributed by atoms with Crippen LogP contribution < -0.4 is 5.32 Å². The van der Waals surface area contributed by atoms with Crippen molar-refractivity contribution in [1.29, 1.82) is 0 Å². The van der Waals surface area contributed by atoms with Gasteiger partial charge in [-0.05, 0) is 24.8 Å². The first-order chi connectivity index (χ1) is 9.46. The molecule has 0 saturated heterocycles. The number of carboxylic acid groups (broad SMARTS) is 1. The van der Waals surface area contributed by atoms with Crippen LogP contribution in [0.2, 0.25) is 5.02 Å². The summed E-state index contributed by atoms with van der Waals surface area (Å²) in [5.74, 6) is -0.125. The summed E-state index contributed by atoms with van der Waals surface area (Å²) >= 11 is 5.81. The Kier molecular flexibility index (Phi) is 4.50. The maximum Gasteiger partial charge on any atom is 0.337 e. The molecule has 3 N–H and O–H groups in total. The summed E-state index contributed by atoms with van der Waals surface area (Å²) in [6.45, 7) is 2.16. The van der Waals surface area contributed by atoms with Gasteiger partial charge in [-0.25, -0.2) is 9.78 Å². The summed E-state index contributed by atoms with van der Waals surface area (Å²) in [4.78, 5) is 15.2. The number of pyridine rings is 1. The molecule has 2 rings (SSSR count). The Morgan fingerprint density at radius 2 is 2.40 bits per heavy atom. The molecule has 1 aliphatic rings. The molecule has 0 amide bonds. The van der Waals surface area contributed by atoms with Crippen LogP contribution in [0.15, 0.2) is 12.3 Å². The van der Waals surface area contributed by atoms with E-state index in [1.807, 2.05) is 0 Å². The second-order valence-electron chi connectivity index (χ2n) is 5.62. The van der Waals surface area contributed by atoms with Crippen LogP contribution in [0.5, 0.6) is 0 Å². The molecule has 0 spiro atoms. The smallest absolute Gasteiger partial charge is 0.337 e. The zero-order chi connectivity index (χ0) is 14.8. The van der Waals surface area contributed by atoms with E-state index in [4.69, 9.17) is 16.7 Å². The van der Waals surface area contributed by atoms with Crippen LogP contribution in [-0.2, 0) is 0 Å². The van der Waals surface area contributed by atoms with E-state index in [0.29, 0.717) is 11.7 Å². The average molecular weight is 299 g/mol. The minimum atomic E-state index is -1.09. The van der Waals surface area contributed by atoms with E-state index < -0.39 is 11.5 Å². The quantitative estimate of drug-likeness (QED) is 0.796. The second-order valence-corrected chi connectivity index (χ2v) is 6.03. The van der Waals surface area contributed by atoms with Crippen molar-refractivity contribution in [3.05, 3.63) is 22.8 Å². The number of rotatable bonds is 4. The van der Waals surface area contributed by atoms with Crippen molar-refractivity contribution in [2.24, 2.45) is 5.92 Å². The van der Waals surface area contributed by atoms with Gasteiger partial charge >= 0.3 is 5.97 Å². The highest BCUT2D eigenvalue weighted by atomic mass is 35.5. The predicted octanol–water partition coefficient (Wildman–Crippen LogP) is 2.79. The summed E-state index contributed by atoms with van der Waals surface area (Å²) in [6.07, 6.45) is 5.20. The van der Waals surface area contributed by atoms with Gasteiger partial charge in [-0.2, -0.15) is 0 Å². The summed E-state index contributed by atoms with van der Waals surface area (Å²) in [5, 5.41) is 22.1. The van der Waals surface area contributed by atoms with E-state index in [0.717, 1.165) is 25.7 Å². The molecular formula is C14H19ClN2O3. The van der Waals surface area contributed by atoms with Gasteiger partial charge in [0.1, 0.15) is 5.82 Å². The van der Waals surface area contributed by atoms with E-state index in [-0.39, 0.29) is 17.2 Å². The van der Waals surface area contributed by atoms with Gasteiger partial charge < -0.3 is 15.5 Å².